The third-order valence-electron chi connectivity index (χ3n) is 5.73. The fourth-order valence-electron chi connectivity index (χ4n) is 3.98. The number of fused-ring (bicyclic) bond motifs is 1. The first kappa shape index (κ1) is 23.7. The Hall–Kier alpha value is -4.45. The summed E-state index contributed by atoms with van der Waals surface area (Å²) in [5.74, 6) is -2.70. The number of hydrogen-bond acceptors (Lipinski definition) is 7. The van der Waals surface area contributed by atoms with Crippen molar-refractivity contribution in [2.24, 2.45) is 0 Å². The number of rotatable bonds is 6. The summed E-state index contributed by atoms with van der Waals surface area (Å²) in [6.07, 6.45) is 1.46. The van der Waals surface area contributed by atoms with E-state index in [2.05, 4.69) is 10.3 Å². The van der Waals surface area contributed by atoms with E-state index in [0.717, 1.165) is 18.2 Å². The molecule has 0 fully saturated rings. The summed E-state index contributed by atoms with van der Waals surface area (Å²) >= 11 is 0. The van der Waals surface area contributed by atoms with Gasteiger partial charge in [-0.2, -0.15) is 0 Å². The van der Waals surface area contributed by atoms with Gasteiger partial charge in [0.15, 0.2) is 9.84 Å². The topological polar surface area (TPSA) is 180 Å². The van der Waals surface area contributed by atoms with Gasteiger partial charge in [-0.3, -0.25) is 14.9 Å². The zero-order valence-corrected chi connectivity index (χ0v) is 19.3. The molecule has 12 heteroatoms. The first-order chi connectivity index (χ1) is 16.4. The molecule has 2 aromatic carbocycles. The molecular formula is C23H19N3O8S. The number of nitro groups is 1. The largest absolute Gasteiger partial charge is 0.508 e. The number of carbonyl (C=O) groups excluding carboxylic acids is 1. The Kier molecular flexibility index (Phi) is 5.69. The molecular weight excluding hydrogens is 478 g/mol. The summed E-state index contributed by atoms with van der Waals surface area (Å²) in [6.45, 7) is 3.19. The second kappa shape index (κ2) is 8.40. The molecule has 1 aliphatic heterocycles. The first-order valence-electron chi connectivity index (χ1n) is 10.2. The monoisotopic (exact) mass is 497 g/mol. The number of non-ortho nitro benzene ring substituents is 1. The number of nitrogens with one attached hydrogen (secondary N) is 2. The number of aromatic hydroxyl groups is 1. The SMILES string of the molecule is Cc1[nH]c(/C=C2\C(=O)Nc3ccc(S(=O)(=O)Cc4cc([N+](=O)[O-])ccc4O)cc32)c(C)c1C(=O)O. The molecule has 2 heterocycles. The number of amides is 1. The molecule has 0 saturated heterocycles. The number of benzene rings is 2. The van der Waals surface area contributed by atoms with Crippen molar-refractivity contribution >= 4 is 44.7 Å². The number of H-pyrrole nitrogens is 1. The molecule has 0 spiro atoms. The zero-order chi connectivity index (χ0) is 25.7. The highest BCUT2D eigenvalue weighted by Gasteiger charge is 2.28. The number of carboxylic acid groups (broad SMARTS) is 1. The van der Waals surface area contributed by atoms with Gasteiger partial charge in [-0.1, -0.05) is 0 Å². The number of aromatic nitrogens is 1. The first-order valence-corrected chi connectivity index (χ1v) is 11.8. The van der Waals surface area contributed by atoms with Gasteiger partial charge in [0.25, 0.3) is 11.6 Å². The fraction of sp³-hybridized carbons (Fsp3) is 0.130. The molecule has 0 saturated carbocycles. The van der Waals surface area contributed by atoms with E-state index in [1.54, 1.807) is 13.8 Å². The van der Waals surface area contributed by atoms with Gasteiger partial charge in [0.05, 0.1) is 26.7 Å². The number of anilines is 1. The third-order valence-corrected chi connectivity index (χ3v) is 7.39. The van der Waals surface area contributed by atoms with E-state index in [-0.39, 0.29) is 27.3 Å². The molecule has 4 N–H and O–H groups in total. The molecule has 0 atom stereocenters. The molecule has 4 rings (SSSR count). The Bertz CT molecular complexity index is 1570. The van der Waals surface area contributed by atoms with Crippen LogP contribution in [0.15, 0.2) is 41.3 Å². The Morgan fingerprint density at radius 1 is 1.17 bits per heavy atom. The average Bonchev–Trinajstić information content (AvgIpc) is 3.23. The van der Waals surface area contributed by atoms with Gasteiger partial charge in [0.1, 0.15) is 5.75 Å². The summed E-state index contributed by atoms with van der Waals surface area (Å²) in [7, 11) is -4.07. The van der Waals surface area contributed by atoms with Crippen LogP contribution in [0, 0.1) is 24.0 Å². The van der Waals surface area contributed by atoms with Gasteiger partial charge in [-0.25, -0.2) is 13.2 Å². The number of phenolic OH excluding ortho intramolecular Hbond substituents is 1. The van der Waals surface area contributed by atoms with E-state index in [1.165, 1.54) is 24.3 Å². The van der Waals surface area contributed by atoms with Crippen molar-refractivity contribution in [3.05, 3.63) is 80.2 Å². The van der Waals surface area contributed by atoms with Gasteiger partial charge in [-0.05, 0) is 49.8 Å². The predicted octanol–water partition coefficient (Wildman–Crippen LogP) is 3.41. The minimum Gasteiger partial charge on any atom is -0.508 e. The lowest BCUT2D eigenvalue weighted by molar-refractivity contribution is -0.384. The van der Waals surface area contributed by atoms with Crippen LogP contribution >= 0.6 is 0 Å². The van der Waals surface area contributed by atoms with E-state index in [1.807, 2.05) is 0 Å². The Morgan fingerprint density at radius 2 is 1.89 bits per heavy atom. The molecule has 11 nitrogen and oxygen atoms in total. The molecule has 1 aromatic heterocycles. The van der Waals surface area contributed by atoms with Crippen molar-refractivity contribution in [1.82, 2.24) is 4.98 Å². The van der Waals surface area contributed by atoms with E-state index in [9.17, 15) is 38.3 Å². The lowest BCUT2D eigenvalue weighted by Gasteiger charge is -2.08. The van der Waals surface area contributed by atoms with Crippen LogP contribution in [-0.4, -0.2) is 40.4 Å². The van der Waals surface area contributed by atoms with Gasteiger partial charge in [0, 0.05) is 40.3 Å². The minimum atomic E-state index is -4.07. The van der Waals surface area contributed by atoms with Gasteiger partial charge in [-0.15, -0.1) is 0 Å². The smallest absolute Gasteiger partial charge is 0.337 e. The fourth-order valence-corrected chi connectivity index (χ4v) is 5.36. The van der Waals surface area contributed by atoms with Crippen molar-refractivity contribution in [2.75, 3.05) is 5.32 Å². The predicted molar refractivity (Wildman–Crippen MR) is 126 cm³/mol. The summed E-state index contributed by atoms with van der Waals surface area (Å²) < 4.78 is 26.2. The highest BCUT2D eigenvalue weighted by Crippen LogP contribution is 2.36. The lowest BCUT2D eigenvalue weighted by atomic mass is 10.0. The van der Waals surface area contributed by atoms with Crippen molar-refractivity contribution in [1.29, 1.82) is 0 Å². The maximum Gasteiger partial charge on any atom is 0.337 e. The van der Waals surface area contributed by atoms with E-state index < -0.39 is 38.1 Å². The zero-order valence-electron chi connectivity index (χ0n) is 18.4. The molecule has 0 bridgehead atoms. The minimum absolute atomic E-state index is 0.0866. The summed E-state index contributed by atoms with van der Waals surface area (Å²) in [6, 6.07) is 7.12. The molecule has 180 valence electrons. The standard InChI is InChI=1S/C23H19N3O8S/c1-11-19(24-12(2)21(11)23(29)30)9-17-16-8-15(4-5-18(16)25-22(17)28)35(33,34)10-13-7-14(26(31)32)3-6-20(13)27/h3-9,24,27H,10H2,1-2H3,(H,25,28)(H,29,30)/b17-9-. The number of sulfone groups is 1. The van der Waals surface area contributed by atoms with Crippen molar-refractivity contribution < 1.29 is 33.1 Å². The van der Waals surface area contributed by atoms with Crippen molar-refractivity contribution in [2.45, 2.75) is 24.5 Å². The van der Waals surface area contributed by atoms with Crippen molar-refractivity contribution in [3.63, 3.8) is 0 Å². The van der Waals surface area contributed by atoms with Crippen LogP contribution in [0.4, 0.5) is 11.4 Å². The number of nitrogens with zero attached hydrogens (tertiary/aromatic N) is 1. The maximum atomic E-state index is 13.1. The molecule has 35 heavy (non-hydrogen) atoms. The van der Waals surface area contributed by atoms with Crippen molar-refractivity contribution in [3.8, 4) is 5.75 Å². The summed E-state index contributed by atoms with van der Waals surface area (Å²) in [5, 5.41) is 33.1. The number of nitro benzene ring substituents is 1. The number of aryl methyl sites for hydroxylation is 1. The lowest BCUT2D eigenvalue weighted by Crippen LogP contribution is -2.06. The molecule has 0 aliphatic carbocycles. The van der Waals surface area contributed by atoms with Crippen LogP contribution in [0.1, 0.15) is 38.4 Å². The van der Waals surface area contributed by atoms with Gasteiger partial charge in [0.2, 0.25) is 0 Å². The molecule has 1 aliphatic rings. The van der Waals surface area contributed by atoms with E-state index >= 15 is 0 Å². The van der Waals surface area contributed by atoms with Crippen LogP contribution in [0.5, 0.6) is 5.75 Å². The number of carboxylic acids is 1. The quantitative estimate of drug-likeness (QED) is 0.227. The number of carbonyl (C=O) groups is 2. The van der Waals surface area contributed by atoms with Crippen LogP contribution in [0.3, 0.4) is 0 Å². The average molecular weight is 497 g/mol. The number of aromatic carboxylic acids is 1. The number of hydrogen-bond donors (Lipinski definition) is 4. The molecule has 0 unspecified atom stereocenters. The van der Waals surface area contributed by atoms with Gasteiger partial charge < -0.3 is 20.5 Å². The summed E-state index contributed by atoms with van der Waals surface area (Å²) in [5.41, 5.74) is 1.62. The normalized spacial score (nSPS) is 14.1. The Labute approximate surface area is 198 Å². The highest BCUT2D eigenvalue weighted by molar-refractivity contribution is 7.90. The Morgan fingerprint density at radius 3 is 2.51 bits per heavy atom. The summed E-state index contributed by atoms with van der Waals surface area (Å²) in [4.78, 5) is 37.2. The molecule has 0 radical (unpaired) electrons. The number of phenols is 1. The number of aromatic amines is 1. The van der Waals surface area contributed by atoms with Crippen LogP contribution < -0.4 is 5.32 Å². The Balaban J connectivity index is 1.75. The molecule has 3 aromatic rings. The van der Waals surface area contributed by atoms with Crippen LogP contribution in [0.2, 0.25) is 0 Å². The van der Waals surface area contributed by atoms with Crippen LogP contribution in [-0.2, 0) is 20.4 Å². The van der Waals surface area contributed by atoms with E-state index in [4.69, 9.17) is 0 Å². The molecule has 1 amide bonds. The van der Waals surface area contributed by atoms with Gasteiger partial charge >= 0.3 is 5.97 Å². The van der Waals surface area contributed by atoms with Crippen LogP contribution in [0.25, 0.3) is 11.6 Å². The van der Waals surface area contributed by atoms with E-state index in [0.29, 0.717) is 28.2 Å². The maximum absolute atomic E-state index is 13.1. The second-order valence-corrected chi connectivity index (χ2v) is 10.0. The third kappa shape index (κ3) is 4.26. The highest BCUT2D eigenvalue weighted by atomic mass is 32.2. The second-order valence-electron chi connectivity index (χ2n) is 8.02.